The van der Waals surface area contributed by atoms with E-state index in [2.05, 4.69) is 238 Å². The standard InChI is InChI=1S/C65H39N5O/c1-6-23-55-45(16-1)46-17-2-7-24-56(46)68(55)42-14-11-15-43(38-42)69-59-27-10-5-20-49(59)50-36-40(28-31-60(50)69)41-29-32-61-53(37-41)65(51-21-12-34-66-63(51)64-52(65)22-13-35-67-64)54-39-44(30-33-62(54)71-61)70-57-25-8-3-18-47(57)48-19-4-9-26-58(48)70/h1-39H. The fourth-order valence-electron chi connectivity index (χ4n) is 12.5. The first kappa shape index (κ1) is 38.4. The van der Waals surface area contributed by atoms with Crippen molar-refractivity contribution in [1.82, 2.24) is 23.7 Å². The number of ether oxygens (including phenoxy) is 1. The summed E-state index contributed by atoms with van der Waals surface area (Å²) < 4.78 is 14.2. The van der Waals surface area contributed by atoms with Crippen LogP contribution in [-0.4, -0.2) is 23.7 Å². The molecule has 0 unspecified atom stereocenters. The Hall–Kier alpha value is -9.52. The highest BCUT2D eigenvalue weighted by Crippen LogP contribution is 2.62. The van der Waals surface area contributed by atoms with E-state index >= 15 is 0 Å². The minimum Gasteiger partial charge on any atom is -0.457 e. The van der Waals surface area contributed by atoms with Gasteiger partial charge in [-0.25, -0.2) is 0 Å². The number of para-hydroxylation sites is 5. The second-order valence-corrected chi connectivity index (χ2v) is 18.9. The highest BCUT2D eigenvalue weighted by molar-refractivity contribution is 6.12. The van der Waals surface area contributed by atoms with Crippen LogP contribution in [0.5, 0.6) is 11.5 Å². The molecule has 0 saturated carbocycles. The molecule has 1 aliphatic carbocycles. The maximum atomic E-state index is 7.04. The predicted molar refractivity (Wildman–Crippen MR) is 288 cm³/mol. The average molecular weight is 906 g/mol. The number of benzene rings is 9. The zero-order valence-corrected chi connectivity index (χ0v) is 38.2. The third kappa shape index (κ3) is 5.15. The van der Waals surface area contributed by atoms with Crippen molar-refractivity contribution in [2.75, 3.05) is 0 Å². The van der Waals surface area contributed by atoms with E-state index in [4.69, 9.17) is 14.7 Å². The van der Waals surface area contributed by atoms with Crippen molar-refractivity contribution in [2.24, 2.45) is 0 Å². The van der Waals surface area contributed by atoms with Gasteiger partial charge in [-0.05, 0) is 125 Å². The van der Waals surface area contributed by atoms with Gasteiger partial charge in [0.15, 0.2) is 0 Å². The van der Waals surface area contributed by atoms with Crippen molar-refractivity contribution in [3.63, 3.8) is 0 Å². The summed E-state index contributed by atoms with van der Waals surface area (Å²) in [5, 5.41) is 7.34. The van der Waals surface area contributed by atoms with Crippen LogP contribution in [0, 0.1) is 0 Å². The van der Waals surface area contributed by atoms with E-state index in [1.807, 2.05) is 12.4 Å². The molecule has 0 amide bonds. The van der Waals surface area contributed by atoms with Gasteiger partial charge in [0.25, 0.3) is 0 Å². The molecule has 2 aliphatic rings. The minimum atomic E-state index is -0.775. The molecule has 1 aliphatic heterocycles. The summed E-state index contributed by atoms with van der Waals surface area (Å²) in [5.41, 5.74) is 17.9. The van der Waals surface area contributed by atoms with Crippen molar-refractivity contribution in [3.8, 4) is 51.1 Å². The Morgan fingerprint density at radius 2 is 0.704 bits per heavy atom. The number of pyridine rings is 2. The van der Waals surface area contributed by atoms with Crippen molar-refractivity contribution >= 4 is 65.4 Å². The topological polar surface area (TPSA) is 49.8 Å². The van der Waals surface area contributed by atoms with Crippen LogP contribution in [0.25, 0.3) is 105 Å². The number of aromatic nitrogens is 5. The zero-order chi connectivity index (χ0) is 46.4. The average Bonchev–Trinajstić information content (AvgIpc) is 4.15. The van der Waals surface area contributed by atoms with Crippen LogP contribution in [0.1, 0.15) is 22.3 Å². The Kier molecular flexibility index (Phi) is 7.72. The summed E-state index contributed by atoms with van der Waals surface area (Å²) in [6.45, 7) is 0. The Morgan fingerprint density at radius 1 is 0.296 bits per heavy atom. The van der Waals surface area contributed by atoms with E-state index in [9.17, 15) is 0 Å². The first-order valence-corrected chi connectivity index (χ1v) is 24.2. The van der Waals surface area contributed by atoms with Gasteiger partial charge in [0.2, 0.25) is 0 Å². The molecule has 330 valence electrons. The smallest absolute Gasteiger partial charge is 0.132 e. The van der Waals surface area contributed by atoms with E-state index in [0.29, 0.717) is 0 Å². The molecule has 0 fully saturated rings. The highest BCUT2D eigenvalue weighted by Gasteiger charge is 2.52. The van der Waals surface area contributed by atoms with Gasteiger partial charge in [0, 0.05) is 72.9 Å². The number of hydrogen-bond donors (Lipinski definition) is 0. The minimum absolute atomic E-state index is 0.775. The van der Waals surface area contributed by atoms with Crippen LogP contribution in [0.3, 0.4) is 0 Å². The van der Waals surface area contributed by atoms with Gasteiger partial charge in [0.1, 0.15) is 11.5 Å². The summed E-state index contributed by atoms with van der Waals surface area (Å²) in [7, 11) is 0. The second kappa shape index (κ2) is 14.3. The molecule has 5 aromatic heterocycles. The summed E-state index contributed by atoms with van der Waals surface area (Å²) in [5.74, 6) is 1.64. The molecule has 71 heavy (non-hydrogen) atoms. The molecule has 6 nitrogen and oxygen atoms in total. The molecule has 9 aromatic carbocycles. The number of nitrogens with zero attached hydrogens (tertiary/aromatic N) is 5. The quantitative estimate of drug-likeness (QED) is 0.177. The third-order valence-electron chi connectivity index (χ3n) is 15.4. The molecule has 16 rings (SSSR count). The lowest BCUT2D eigenvalue weighted by Crippen LogP contribution is -2.32. The van der Waals surface area contributed by atoms with Crippen LogP contribution in [0.4, 0.5) is 0 Å². The van der Waals surface area contributed by atoms with Crippen molar-refractivity contribution in [1.29, 1.82) is 0 Å². The van der Waals surface area contributed by atoms with Gasteiger partial charge in [0.05, 0.1) is 49.9 Å². The van der Waals surface area contributed by atoms with E-state index in [0.717, 1.165) is 95.4 Å². The van der Waals surface area contributed by atoms with Crippen LogP contribution in [-0.2, 0) is 5.41 Å². The van der Waals surface area contributed by atoms with Crippen LogP contribution in [0.15, 0.2) is 237 Å². The molecule has 0 atom stereocenters. The maximum absolute atomic E-state index is 7.04. The van der Waals surface area contributed by atoms with Gasteiger partial charge in [-0.2, -0.15) is 0 Å². The molecular weight excluding hydrogens is 867 g/mol. The Labute approximate surface area is 407 Å². The second-order valence-electron chi connectivity index (χ2n) is 18.9. The lowest BCUT2D eigenvalue weighted by atomic mass is 9.66. The molecule has 0 radical (unpaired) electrons. The summed E-state index contributed by atoms with van der Waals surface area (Å²) in [4.78, 5) is 10.1. The fraction of sp³-hybridized carbons (Fsp3) is 0.0154. The van der Waals surface area contributed by atoms with Gasteiger partial charge >= 0.3 is 0 Å². The van der Waals surface area contributed by atoms with E-state index in [-0.39, 0.29) is 0 Å². The Bertz CT molecular complexity index is 4440. The monoisotopic (exact) mass is 905 g/mol. The summed E-state index contributed by atoms with van der Waals surface area (Å²) >= 11 is 0. The first-order valence-electron chi connectivity index (χ1n) is 24.2. The molecule has 1 spiro atoms. The zero-order valence-electron chi connectivity index (χ0n) is 38.2. The normalized spacial score (nSPS) is 13.3. The lowest BCUT2D eigenvalue weighted by molar-refractivity contribution is 0.436. The molecular formula is C65H39N5O. The molecule has 0 bridgehead atoms. The number of rotatable bonds is 4. The summed E-state index contributed by atoms with van der Waals surface area (Å²) in [6.07, 6.45) is 3.77. The van der Waals surface area contributed by atoms with Gasteiger partial charge in [-0.1, -0.05) is 121 Å². The van der Waals surface area contributed by atoms with Crippen molar-refractivity contribution in [3.05, 3.63) is 259 Å². The molecule has 0 saturated heterocycles. The van der Waals surface area contributed by atoms with Crippen LogP contribution < -0.4 is 4.74 Å². The maximum Gasteiger partial charge on any atom is 0.132 e. The Morgan fingerprint density at radius 3 is 1.23 bits per heavy atom. The van der Waals surface area contributed by atoms with Crippen molar-refractivity contribution < 1.29 is 4.74 Å². The van der Waals surface area contributed by atoms with Crippen molar-refractivity contribution in [2.45, 2.75) is 5.41 Å². The number of fused-ring (bicyclic) bond motifs is 18. The largest absolute Gasteiger partial charge is 0.457 e. The molecule has 6 heterocycles. The van der Waals surface area contributed by atoms with Crippen LogP contribution >= 0.6 is 0 Å². The van der Waals surface area contributed by atoms with E-state index < -0.39 is 5.41 Å². The van der Waals surface area contributed by atoms with Gasteiger partial charge in [-0.15, -0.1) is 0 Å². The number of hydrogen-bond acceptors (Lipinski definition) is 3. The third-order valence-corrected chi connectivity index (χ3v) is 15.4. The summed E-state index contributed by atoms with van der Waals surface area (Å²) in [6, 6.07) is 81.5. The predicted octanol–water partition coefficient (Wildman–Crippen LogP) is 15.9. The lowest BCUT2D eigenvalue weighted by Gasteiger charge is -2.39. The molecule has 14 aromatic rings. The fourth-order valence-corrected chi connectivity index (χ4v) is 12.5. The van der Waals surface area contributed by atoms with E-state index in [1.54, 1.807) is 0 Å². The Balaban J connectivity index is 0.892. The van der Waals surface area contributed by atoms with Gasteiger partial charge in [-0.3, -0.25) is 9.97 Å². The molecule has 0 N–H and O–H groups in total. The highest BCUT2D eigenvalue weighted by atomic mass is 16.5. The van der Waals surface area contributed by atoms with Gasteiger partial charge < -0.3 is 18.4 Å². The van der Waals surface area contributed by atoms with Crippen LogP contribution in [0.2, 0.25) is 0 Å². The SMILES string of the molecule is c1cc(-n2c3ccccc3c3ccccc32)cc(-n2c3ccccc3c3cc(-c4ccc5c(c4)C4(c6cc(-n7c8ccccc8c8ccccc87)ccc6O5)c5cccnc5-c5ncccc54)ccc32)c1. The molecule has 6 heteroatoms. The van der Waals surface area contributed by atoms with E-state index in [1.165, 1.54) is 43.4 Å². The first-order chi connectivity index (χ1) is 35.2.